The summed E-state index contributed by atoms with van der Waals surface area (Å²) in [5.41, 5.74) is -0.193. The van der Waals surface area contributed by atoms with Crippen molar-refractivity contribution in [1.82, 2.24) is 5.32 Å². The van der Waals surface area contributed by atoms with Crippen LogP contribution in [0.2, 0.25) is 0 Å². The van der Waals surface area contributed by atoms with E-state index in [1.807, 2.05) is 0 Å². The monoisotopic (exact) mass is 541 g/mol. The lowest BCUT2D eigenvalue weighted by atomic mass is 9.77. The summed E-state index contributed by atoms with van der Waals surface area (Å²) in [5, 5.41) is 5.57. The van der Waals surface area contributed by atoms with Crippen LogP contribution in [0.15, 0.2) is 42.5 Å². The molecule has 1 saturated heterocycles. The molecule has 2 amide bonds. The molecule has 2 N–H and O–H groups in total. The topological polar surface area (TPSA) is 44.4 Å². The van der Waals surface area contributed by atoms with E-state index in [1.165, 1.54) is 18.2 Å². The van der Waals surface area contributed by atoms with E-state index in [0.717, 1.165) is 88.0 Å². The first kappa shape index (κ1) is 28.1. The molecule has 4 nitrogen and oxygen atoms in total. The standard InChI is InChI=1S/C28H33F6N3O/c1-18-13-22(28(32,33)34)16-23(14-18)35-26(38)36-25-7-3-2-6-20(25)15-19-5-4-12-37(17-19)24-10-8-21(9-11-24)27(29,30)31/h8-11,13-14,16,19-20,25H,2-7,12,15,17H2,1H3,(H2,35,36,38)/t19-,20+,25-/m1/s1. The van der Waals surface area contributed by atoms with Crippen LogP contribution in [-0.4, -0.2) is 25.2 Å². The van der Waals surface area contributed by atoms with Crippen molar-refractivity contribution >= 4 is 17.4 Å². The number of urea groups is 1. The van der Waals surface area contributed by atoms with Gasteiger partial charge in [0.25, 0.3) is 0 Å². The van der Waals surface area contributed by atoms with Crippen LogP contribution < -0.4 is 15.5 Å². The second kappa shape index (κ2) is 11.5. The molecule has 2 aliphatic rings. The number of carbonyl (C=O) groups excluding carboxylic acids is 1. The molecule has 0 spiro atoms. The fourth-order valence-corrected chi connectivity index (χ4v) is 5.82. The van der Waals surface area contributed by atoms with Gasteiger partial charge in [0.2, 0.25) is 0 Å². The molecule has 1 aliphatic carbocycles. The lowest BCUT2D eigenvalue weighted by Gasteiger charge is -2.39. The van der Waals surface area contributed by atoms with Crippen LogP contribution in [0.4, 0.5) is 42.5 Å². The van der Waals surface area contributed by atoms with Gasteiger partial charge in [0.15, 0.2) is 0 Å². The molecular weight excluding hydrogens is 508 g/mol. The first-order valence-corrected chi connectivity index (χ1v) is 13.1. The Labute approximate surface area is 218 Å². The van der Waals surface area contributed by atoms with E-state index in [-0.39, 0.29) is 17.6 Å². The predicted octanol–water partition coefficient (Wildman–Crippen LogP) is 8.02. The van der Waals surface area contributed by atoms with Crippen molar-refractivity contribution in [3.63, 3.8) is 0 Å². The Bertz CT molecular complexity index is 1100. The van der Waals surface area contributed by atoms with Crippen LogP contribution in [-0.2, 0) is 12.4 Å². The van der Waals surface area contributed by atoms with Gasteiger partial charge in [-0.1, -0.05) is 12.8 Å². The molecule has 0 unspecified atom stereocenters. The van der Waals surface area contributed by atoms with E-state index in [9.17, 15) is 31.1 Å². The quantitative estimate of drug-likeness (QED) is 0.377. The maximum atomic E-state index is 13.2. The molecule has 208 valence electrons. The van der Waals surface area contributed by atoms with Crippen molar-refractivity contribution in [2.24, 2.45) is 11.8 Å². The Balaban J connectivity index is 1.36. The number of piperidine rings is 1. The summed E-state index contributed by atoms with van der Waals surface area (Å²) in [6, 6.07) is 8.15. The van der Waals surface area contributed by atoms with Crippen molar-refractivity contribution in [3.05, 3.63) is 59.2 Å². The number of halogens is 6. The highest BCUT2D eigenvalue weighted by atomic mass is 19.4. The van der Waals surface area contributed by atoms with Gasteiger partial charge in [-0.15, -0.1) is 0 Å². The number of nitrogens with one attached hydrogen (secondary N) is 2. The van der Waals surface area contributed by atoms with Crippen LogP contribution in [0.1, 0.15) is 61.6 Å². The number of carbonyl (C=O) groups is 1. The average molecular weight is 542 g/mol. The van der Waals surface area contributed by atoms with E-state index in [2.05, 4.69) is 15.5 Å². The first-order chi connectivity index (χ1) is 17.9. The minimum Gasteiger partial charge on any atom is -0.371 e. The minimum atomic E-state index is -4.50. The maximum Gasteiger partial charge on any atom is 0.416 e. The number of amides is 2. The van der Waals surface area contributed by atoms with Crippen molar-refractivity contribution in [3.8, 4) is 0 Å². The van der Waals surface area contributed by atoms with E-state index in [1.54, 1.807) is 6.92 Å². The molecular formula is C28H33F6N3O. The fourth-order valence-electron chi connectivity index (χ4n) is 5.82. The SMILES string of the molecule is Cc1cc(NC(=O)N[C@@H]2CCCC[C@H]2C[C@H]2CCCN(c3ccc(C(F)(F)F)cc3)C2)cc(C(F)(F)F)c1. The van der Waals surface area contributed by atoms with E-state index in [0.29, 0.717) is 11.5 Å². The van der Waals surface area contributed by atoms with E-state index < -0.39 is 29.5 Å². The Morgan fingerprint density at radius 3 is 2.26 bits per heavy atom. The third kappa shape index (κ3) is 7.35. The molecule has 0 bridgehead atoms. The normalized spacial score (nSPS) is 22.7. The van der Waals surface area contributed by atoms with Crippen LogP contribution >= 0.6 is 0 Å². The summed E-state index contributed by atoms with van der Waals surface area (Å²) >= 11 is 0. The molecule has 1 saturated carbocycles. The third-order valence-corrected chi connectivity index (χ3v) is 7.60. The van der Waals surface area contributed by atoms with Gasteiger partial charge in [-0.2, -0.15) is 26.3 Å². The summed E-state index contributed by atoms with van der Waals surface area (Å²) in [6.07, 6.45) is -2.27. The smallest absolute Gasteiger partial charge is 0.371 e. The second-order valence-electron chi connectivity index (χ2n) is 10.6. The van der Waals surface area contributed by atoms with E-state index >= 15 is 0 Å². The molecule has 2 aromatic carbocycles. The summed E-state index contributed by atoms with van der Waals surface area (Å²) in [7, 11) is 0. The lowest BCUT2D eigenvalue weighted by Crippen LogP contribution is -2.45. The summed E-state index contributed by atoms with van der Waals surface area (Å²) in [6.45, 7) is 3.07. The number of benzene rings is 2. The fraction of sp³-hybridized carbons (Fsp3) is 0.536. The zero-order valence-electron chi connectivity index (χ0n) is 21.3. The predicted molar refractivity (Wildman–Crippen MR) is 135 cm³/mol. The van der Waals surface area contributed by atoms with Crippen molar-refractivity contribution in [2.45, 2.75) is 70.3 Å². The third-order valence-electron chi connectivity index (χ3n) is 7.60. The van der Waals surface area contributed by atoms with Gasteiger partial charge in [-0.05, 0) is 98.9 Å². The Kier molecular flexibility index (Phi) is 8.47. The van der Waals surface area contributed by atoms with Crippen molar-refractivity contribution in [2.75, 3.05) is 23.3 Å². The molecule has 10 heteroatoms. The van der Waals surface area contributed by atoms with Crippen LogP contribution in [0.25, 0.3) is 0 Å². The molecule has 3 atom stereocenters. The van der Waals surface area contributed by atoms with Gasteiger partial charge in [-0.3, -0.25) is 0 Å². The largest absolute Gasteiger partial charge is 0.416 e. The molecule has 1 heterocycles. The number of hydrogen-bond donors (Lipinski definition) is 2. The zero-order valence-corrected chi connectivity index (χ0v) is 21.3. The van der Waals surface area contributed by atoms with Gasteiger partial charge in [-0.25, -0.2) is 4.79 Å². The lowest BCUT2D eigenvalue weighted by molar-refractivity contribution is -0.138. The summed E-state index contributed by atoms with van der Waals surface area (Å²) < 4.78 is 78.2. The van der Waals surface area contributed by atoms with Crippen LogP contribution in [0, 0.1) is 18.8 Å². The molecule has 2 fully saturated rings. The number of hydrogen-bond acceptors (Lipinski definition) is 2. The average Bonchev–Trinajstić information content (AvgIpc) is 2.84. The molecule has 0 radical (unpaired) electrons. The first-order valence-electron chi connectivity index (χ1n) is 13.1. The van der Waals surface area contributed by atoms with Gasteiger partial charge in [0.1, 0.15) is 0 Å². The van der Waals surface area contributed by atoms with Crippen LogP contribution in [0.3, 0.4) is 0 Å². The van der Waals surface area contributed by atoms with Gasteiger partial charge in [0.05, 0.1) is 11.1 Å². The number of anilines is 2. The van der Waals surface area contributed by atoms with Crippen molar-refractivity contribution < 1.29 is 31.1 Å². The Morgan fingerprint density at radius 1 is 0.895 bits per heavy atom. The molecule has 0 aromatic heterocycles. The number of nitrogens with zero attached hydrogens (tertiary/aromatic N) is 1. The van der Waals surface area contributed by atoms with Gasteiger partial charge < -0.3 is 15.5 Å². The Morgan fingerprint density at radius 2 is 1.58 bits per heavy atom. The van der Waals surface area contributed by atoms with Crippen molar-refractivity contribution in [1.29, 1.82) is 0 Å². The summed E-state index contributed by atoms with van der Waals surface area (Å²) in [5.74, 6) is 0.572. The molecule has 2 aromatic rings. The highest BCUT2D eigenvalue weighted by Gasteiger charge is 2.33. The Hall–Kier alpha value is -2.91. The van der Waals surface area contributed by atoms with Crippen LogP contribution in [0.5, 0.6) is 0 Å². The van der Waals surface area contributed by atoms with Gasteiger partial charge in [0, 0.05) is 30.5 Å². The molecule has 4 rings (SSSR count). The minimum absolute atomic E-state index is 0.0860. The number of alkyl halides is 6. The van der Waals surface area contributed by atoms with Gasteiger partial charge >= 0.3 is 18.4 Å². The second-order valence-corrected chi connectivity index (χ2v) is 10.6. The molecule has 1 aliphatic heterocycles. The highest BCUT2D eigenvalue weighted by Crippen LogP contribution is 2.36. The zero-order chi connectivity index (χ0) is 27.5. The maximum absolute atomic E-state index is 13.2. The molecule has 38 heavy (non-hydrogen) atoms. The van der Waals surface area contributed by atoms with E-state index in [4.69, 9.17) is 0 Å². The highest BCUT2D eigenvalue weighted by molar-refractivity contribution is 5.89. The number of rotatable bonds is 5. The number of aryl methyl sites for hydroxylation is 1. The summed E-state index contributed by atoms with van der Waals surface area (Å²) in [4.78, 5) is 14.9.